The first-order chi connectivity index (χ1) is 10.2. The fraction of sp³-hybridized carbons (Fsp3) is 0.294. The highest BCUT2D eigenvalue weighted by atomic mass is 15.6. The molecule has 0 bridgehead atoms. The van der Waals surface area contributed by atoms with E-state index in [1.54, 1.807) is 0 Å². The van der Waals surface area contributed by atoms with Gasteiger partial charge in [0.25, 0.3) is 0 Å². The number of hydrazine groups is 1. The predicted octanol–water partition coefficient (Wildman–Crippen LogP) is 3.26. The largest absolute Gasteiger partial charge is 0.399 e. The van der Waals surface area contributed by atoms with Crippen molar-refractivity contribution in [2.24, 2.45) is 0 Å². The molecule has 0 radical (unpaired) electrons. The van der Waals surface area contributed by atoms with Crippen molar-refractivity contribution in [2.75, 3.05) is 34.6 Å². The molecule has 2 aromatic carbocycles. The van der Waals surface area contributed by atoms with Crippen LogP contribution in [-0.4, -0.2) is 13.1 Å². The molecule has 0 aromatic heterocycles. The maximum absolute atomic E-state index is 5.80. The number of benzene rings is 2. The summed E-state index contributed by atoms with van der Waals surface area (Å²) in [6.45, 7) is 2.04. The number of nitrogens with two attached hydrogens (primary N) is 2. The van der Waals surface area contributed by atoms with Gasteiger partial charge in [-0.25, -0.2) is 0 Å². The van der Waals surface area contributed by atoms with Gasteiger partial charge in [-0.3, -0.25) is 10.0 Å². The molecular formula is C17H22N4. The van der Waals surface area contributed by atoms with E-state index in [9.17, 15) is 0 Å². The van der Waals surface area contributed by atoms with Crippen LogP contribution in [0.2, 0.25) is 0 Å². The van der Waals surface area contributed by atoms with Crippen molar-refractivity contribution in [2.45, 2.75) is 19.3 Å². The zero-order valence-corrected chi connectivity index (χ0v) is 12.2. The SMILES string of the molecule is Nc1ccc(N2CCCCCN2c2ccc(N)cc2)cc1. The van der Waals surface area contributed by atoms with Crippen molar-refractivity contribution in [1.29, 1.82) is 0 Å². The average molecular weight is 282 g/mol. The first-order valence-corrected chi connectivity index (χ1v) is 7.50. The number of hydrogen-bond acceptors (Lipinski definition) is 4. The Balaban J connectivity index is 1.93. The van der Waals surface area contributed by atoms with Gasteiger partial charge < -0.3 is 11.5 Å². The van der Waals surface area contributed by atoms with Gasteiger partial charge in [-0.05, 0) is 67.8 Å². The van der Waals surface area contributed by atoms with E-state index in [1.165, 1.54) is 30.6 Å². The molecular weight excluding hydrogens is 260 g/mol. The second-order valence-corrected chi connectivity index (χ2v) is 5.49. The van der Waals surface area contributed by atoms with E-state index in [4.69, 9.17) is 11.5 Å². The van der Waals surface area contributed by atoms with Crippen molar-refractivity contribution in [3.05, 3.63) is 48.5 Å². The number of rotatable bonds is 2. The Hall–Kier alpha value is -2.36. The van der Waals surface area contributed by atoms with Crippen LogP contribution in [0.1, 0.15) is 19.3 Å². The molecule has 110 valence electrons. The molecule has 4 nitrogen and oxygen atoms in total. The Kier molecular flexibility index (Phi) is 3.86. The van der Waals surface area contributed by atoms with E-state index in [1.807, 2.05) is 24.3 Å². The van der Waals surface area contributed by atoms with Gasteiger partial charge in [0.1, 0.15) is 0 Å². The molecule has 0 amide bonds. The lowest BCUT2D eigenvalue weighted by atomic mass is 10.2. The topological polar surface area (TPSA) is 58.5 Å². The lowest BCUT2D eigenvalue weighted by Crippen LogP contribution is -2.43. The minimum Gasteiger partial charge on any atom is -0.399 e. The maximum atomic E-state index is 5.80. The highest BCUT2D eigenvalue weighted by Crippen LogP contribution is 2.27. The summed E-state index contributed by atoms with van der Waals surface area (Å²) in [5, 5.41) is 4.69. The minimum absolute atomic E-state index is 0.799. The smallest absolute Gasteiger partial charge is 0.0575 e. The molecule has 1 aliphatic rings. The predicted molar refractivity (Wildman–Crippen MR) is 90.3 cm³/mol. The molecule has 0 unspecified atom stereocenters. The molecule has 0 aliphatic carbocycles. The molecule has 1 aliphatic heterocycles. The van der Waals surface area contributed by atoms with Crippen LogP contribution in [0.25, 0.3) is 0 Å². The first kappa shape index (κ1) is 13.6. The van der Waals surface area contributed by atoms with Gasteiger partial charge >= 0.3 is 0 Å². The van der Waals surface area contributed by atoms with Crippen LogP contribution in [0.15, 0.2) is 48.5 Å². The average Bonchev–Trinajstić information content (AvgIpc) is 2.75. The number of nitrogen functional groups attached to an aromatic ring is 2. The fourth-order valence-corrected chi connectivity index (χ4v) is 2.77. The molecule has 0 spiro atoms. The third-order valence-electron chi connectivity index (χ3n) is 3.91. The minimum atomic E-state index is 0.799. The van der Waals surface area contributed by atoms with Gasteiger partial charge in [-0.2, -0.15) is 0 Å². The summed E-state index contributed by atoms with van der Waals surface area (Å²) in [6, 6.07) is 16.2. The molecule has 1 fully saturated rings. The lowest BCUT2D eigenvalue weighted by Gasteiger charge is -2.37. The van der Waals surface area contributed by atoms with Crippen molar-refractivity contribution >= 4 is 22.7 Å². The van der Waals surface area contributed by atoms with E-state index in [2.05, 4.69) is 34.3 Å². The van der Waals surface area contributed by atoms with Crippen molar-refractivity contribution in [3.8, 4) is 0 Å². The third kappa shape index (κ3) is 3.05. The molecule has 0 saturated carbocycles. The molecule has 0 atom stereocenters. The molecule has 3 rings (SSSR count). The van der Waals surface area contributed by atoms with Crippen LogP contribution in [-0.2, 0) is 0 Å². The Morgan fingerprint density at radius 1 is 0.571 bits per heavy atom. The molecule has 1 heterocycles. The highest BCUT2D eigenvalue weighted by molar-refractivity contribution is 5.61. The van der Waals surface area contributed by atoms with Crippen LogP contribution in [0.4, 0.5) is 22.7 Å². The standard InChI is InChI=1S/C17H22N4/c18-14-4-8-16(9-5-14)20-12-2-1-3-13-21(20)17-10-6-15(19)7-11-17/h4-11H,1-3,12-13,18-19H2. The van der Waals surface area contributed by atoms with E-state index >= 15 is 0 Å². The Bertz CT molecular complexity index is 523. The summed E-state index contributed by atoms with van der Waals surface area (Å²) in [4.78, 5) is 0. The molecule has 4 heteroatoms. The van der Waals surface area contributed by atoms with Crippen LogP contribution >= 0.6 is 0 Å². The van der Waals surface area contributed by atoms with Crippen molar-refractivity contribution in [3.63, 3.8) is 0 Å². The van der Waals surface area contributed by atoms with Crippen LogP contribution < -0.4 is 21.5 Å². The third-order valence-corrected chi connectivity index (χ3v) is 3.91. The van der Waals surface area contributed by atoms with Gasteiger partial charge in [-0.1, -0.05) is 0 Å². The zero-order valence-electron chi connectivity index (χ0n) is 12.2. The Morgan fingerprint density at radius 3 is 1.33 bits per heavy atom. The Labute approximate surface area is 125 Å². The van der Waals surface area contributed by atoms with Crippen LogP contribution in [0.3, 0.4) is 0 Å². The maximum Gasteiger partial charge on any atom is 0.0575 e. The van der Waals surface area contributed by atoms with E-state index in [0.29, 0.717) is 0 Å². The Morgan fingerprint density at radius 2 is 0.952 bits per heavy atom. The summed E-state index contributed by atoms with van der Waals surface area (Å²) in [7, 11) is 0. The van der Waals surface area contributed by atoms with Gasteiger partial charge in [0, 0.05) is 24.5 Å². The molecule has 4 N–H and O–H groups in total. The van der Waals surface area contributed by atoms with Gasteiger partial charge in [-0.15, -0.1) is 0 Å². The van der Waals surface area contributed by atoms with Crippen molar-refractivity contribution in [1.82, 2.24) is 0 Å². The fourth-order valence-electron chi connectivity index (χ4n) is 2.77. The molecule has 2 aromatic rings. The van der Waals surface area contributed by atoms with Gasteiger partial charge in [0.2, 0.25) is 0 Å². The number of nitrogens with zero attached hydrogens (tertiary/aromatic N) is 2. The zero-order chi connectivity index (χ0) is 14.7. The quantitative estimate of drug-likeness (QED) is 0.830. The van der Waals surface area contributed by atoms with E-state index in [-0.39, 0.29) is 0 Å². The second-order valence-electron chi connectivity index (χ2n) is 5.49. The number of hydrogen-bond donors (Lipinski definition) is 2. The van der Waals surface area contributed by atoms with E-state index in [0.717, 1.165) is 24.5 Å². The normalized spacial score (nSPS) is 15.8. The first-order valence-electron chi connectivity index (χ1n) is 7.50. The summed E-state index contributed by atoms with van der Waals surface area (Å²) in [5.74, 6) is 0. The van der Waals surface area contributed by atoms with Gasteiger partial charge in [0.05, 0.1) is 11.4 Å². The lowest BCUT2D eigenvalue weighted by molar-refractivity contribution is 0.751. The molecule has 21 heavy (non-hydrogen) atoms. The molecule has 1 saturated heterocycles. The van der Waals surface area contributed by atoms with E-state index < -0.39 is 0 Å². The van der Waals surface area contributed by atoms with Gasteiger partial charge in [0.15, 0.2) is 0 Å². The highest BCUT2D eigenvalue weighted by Gasteiger charge is 2.19. The summed E-state index contributed by atoms with van der Waals surface area (Å²) in [6.07, 6.45) is 3.67. The summed E-state index contributed by atoms with van der Waals surface area (Å²) >= 11 is 0. The number of anilines is 4. The summed E-state index contributed by atoms with van der Waals surface area (Å²) < 4.78 is 0. The van der Waals surface area contributed by atoms with Crippen molar-refractivity contribution < 1.29 is 0 Å². The monoisotopic (exact) mass is 282 g/mol. The summed E-state index contributed by atoms with van der Waals surface area (Å²) in [5.41, 5.74) is 15.6. The second kappa shape index (κ2) is 5.95. The van der Waals surface area contributed by atoms with Crippen LogP contribution in [0.5, 0.6) is 0 Å². The van der Waals surface area contributed by atoms with Crippen LogP contribution in [0, 0.1) is 0 Å².